The molecule has 1 aliphatic carbocycles. The van der Waals surface area contributed by atoms with Crippen LogP contribution in [0.5, 0.6) is 11.5 Å². The highest BCUT2D eigenvalue weighted by atomic mass is 32.1. The van der Waals surface area contributed by atoms with Crippen LogP contribution < -0.4 is 15.8 Å². The Labute approximate surface area is 198 Å². The van der Waals surface area contributed by atoms with Gasteiger partial charge in [-0.15, -0.1) is 11.3 Å². The molecule has 2 heterocycles. The second kappa shape index (κ2) is 9.17. The van der Waals surface area contributed by atoms with E-state index in [0.29, 0.717) is 19.1 Å². The molecule has 1 aliphatic heterocycles. The summed E-state index contributed by atoms with van der Waals surface area (Å²) in [4.78, 5) is 2.27. The minimum Gasteiger partial charge on any atom is -0.457 e. The number of thiophene rings is 1. The Morgan fingerprint density at radius 2 is 1.67 bits per heavy atom. The summed E-state index contributed by atoms with van der Waals surface area (Å²) < 4.78 is 17.8. The Kier molecular flexibility index (Phi) is 6.10. The van der Waals surface area contributed by atoms with Gasteiger partial charge in [0.1, 0.15) is 17.3 Å². The minimum atomic E-state index is -0.381. The normalized spacial score (nSPS) is 17.8. The molecule has 3 aromatic rings. The predicted molar refractivity (Wildman–Crippen MR) is 133 cm³/mol. The fourth-order valence-corrected chi connectivity index (χ4v) is 6.35. The van der Waals surface area contributed by atoms with Gasteiger partial charge in [-0.3, -0.25) is 5.41 Å². The van der Waals surface area contributed by atoms with Crippen molar-refractivity contribution in [3.63, 3.8) is 0 Å². The highest BCUT2D eigenvalue weighted by molar-refractivity contribution is 7.16. The summed E-state index contributed by atoms with van der Waals surface area (Å²) in [5.41, 5.74) is 8.87. The zero-order chi connectivity index (χ0) is 22.8. The van der Waals surface area contributed by atoms with Crippen LogP contribution in [0.3, 0.4) is 0 Å². The molecule has 0 amide bonds. The van der Waals surface area contributed by atoms with Gasteiger partial charge < -0.3 is 25.3 Å². The Hall–Kier alpha value is -2.87. The molecular weight excluding hydrogens is 434 g/mol. The Balaban J connectivity index is 1.43. The molecule has 0 unspecified atom stereocenters. The first-order chi connectivity index (χ1) is 16.1. The van der Waals surface area contributed by atoms with Gasteiger partial charge in [0.05, 0.1) is 24.5 Å². The number of nitrogen functional groups attached to an aromatic ring is 1. The van der Waals surface area contributed by atoms with Crippen molar-refractivity contribution in [3.05, 3.63) is 65.0 Å². The van der Waals surface area contributed by atoms with E-state index in [2.05, 4.69) is 5.32 Å². The molecule has 4 N–H and O–H groups in total. The number of amidine groups is 1. The van der Waals surface area contributed by atoms with E-state index in [0.717, 1.165) is 58.9 Å². The lowest BCUT2D eigenvalue weighted by Gasteiger charge is -2.35. The standard InChI is InChI=1S/C26H29N3O3S/c1-29-22-21(25(27)28)23(17-7-9-20(10-8-17)32-19-5-3-2-4-6-19)33-24(22)18-11-13-26(14-12-18)30-15-16-31-26/h2-10,18,29H,11-16H2,1H3,(H3,27,28). The quantitative estimate of drug-likeness (QED) is 0.311. The van der Waals surface area contributed by atoms with Crippen LogP contribution in [0.2, 0.25) is 0 Å². The molecule has 0 atom stereocenters. The zero-order valence-corrected chi connectivity index (χ0v) is 19.5. The van der Waals surface area contributed by atoms with Crippen molar-refractivity contribution in [1.29, 1.82) is 5.41 Å². The first-order valence-corrected chi connectivity index (χ1v) is 12.2. The summed E-state index contributed by atoms with van der Waals surface area (Å²) in [6.45, 7) is 1.38. The van der Waals surface area contributed by atoms with Gasteiger partial charge >= 0.3 is 0 Å². The maximum atomic E-state index is 8.30. The first-order valence-electron chi connectivity index (χ1n) is 11.4. The summed E-state index contributed by atoms with van der Waals surface area (Å²) in [5.74, 6) is 1.67. The minimum absolute atomic E-state index is 0.0798. The number of benzene rings is 2. The monoisotopic (exact) mass is 463 g/mol. The molecule has 7 heteroatoms. The molecule has 6 nitrogen and oxygen atoms in total. The second-order valence-electron chi connectivity index (χ2n) is 8.53. The molecule has 2 aliphatic rings. The number of anilines is 1. The summed E-state index contributed by atoms with van der Waals surface area (Å²) in [6, 6.07) is 17.7. The molecule has 2 aromatic carbocycles. The number of nitrogens with two attached hydrogens (primary N) is 1. The molecular formula is C26H29N3O3S. The molecule has 1 saturated heterocycles. The molecule has 1 aromatic heterocycles. The molecule has 1 saturated carbocycles. The van der Waals surface area contributed by atoms with Crippen LogP contribution in [0.4, 0.5) is 5.69 Å². The van der Waals surface area contributed by atoms with Crippen molar-refractivity contribution < 1.29 is 14.2 Å². The Morgan fingerprint density at radius 1 is 1.03 bits per heavy atom. The van der Waals surface area contributed by atoms with Crippen molar-refractivity contribution in [2.24, 2.45) is 5.73 Å². The van der Waals surface area contributed by atoms with E-state index < -0.39 is 0 Å². The van der Waals surface area contributed by atoms with Gasteiger partial charge in [-0.1, -0.05) is 18.2 Å². The van der Waals surface area contributed by atoms with E-state index in [9.17, 15) is 0 Å². The smallest absolute Gasteiger partial charge is 0.168 e. The zero-order valence-electron chi connectivity index (χ0n) is 18.7. The van der Waals surface area contributed by atoms with Crippen molar-refractivity contribution in [3.8, 4) is 21.9 Å². The summed E-state index contributed by atoms with van der Waals surface area (Å²) in [7, 11) is 1.91. The lowest BCUT2D eigenvalue weighted by atomic mass is 9.83. The molecule has 0 radical (unpaired) electrons. The van der Waals surface area contributed by atoms with E-state index in [1.807, 2.05) is 61.6 Å². The SMILES string of the molecule is CNc1c(C2CCC3(CC2)OCCO3)sc(-c2ccc(Oc3ccccc3)cc2)c1C(=N)N. The fraction of sp³-hybridized carbons (Fsp3) is 0.346. The third-order valence-electron chi connectivity index (χ3n) is 6.48. The van der Waals surface area contributed by atoms with E-state index >= 15 is 0 Å². The third-order valence-corrected chi connectivity index (χ3v) is 7.88. The van der Waals surface area contributed by atoms with Crippen LogP contribution in [0.1, 0.15) is 42.0 Å². The average molecular weight is 464 g/mol. The van der Waals surface area contributed by atoms with Crippen LogP contribution in [-0.4, -0.2) is 31.9 Å². The Morgan fingerprint density at radius 3 is 2.27 bits per heavy atom. The number of ether oxygens (including phenoxy) is 3. The van der Waals surface area contributed by atoms with Crippen molar-refractivity contribution >= 4 is 22.9 Å². The van der Waals surface area contributed by atoms with Crippen LogP contribution in [-0.2, 0) is 9.47 Å². The largest absolute Gasteiger partial charge is 0.457 e. The number of hydrogen-bond donors (Lipinski definition) is 3. The molecule has 0 bridgehead atoms. The maximum Gasteiger partial charge on any atom is 0.168 e. The number of nitrogens with one attached hydrogen (secondary N) is 2. The van der Waals surface area contributed by atoms with Crippen LogP contribution in [0.25, 0.3) is 10.4 Å². The second-order valence-corrected chi connectivity index (χ2v) is 9.58. The van der Waals surface area contributed by atoms with E-state index in [1.54, 1.807) is 11.3 Å². The molecule has 5 rings (SSSR count). The number of rotatable bonds is 6. The number of para-hydroxylation sites is 1. The van der Waals surface area contributed by atoms with Gasteiger partial charge in [0.25, 0.3) is 0 Å². The molecule has 33 heavy (non-hydrogen) atoms. The van der Waals surface area contributed by atoms with Crippen molar-refractivity contribution in [2.75, 3.05) is 25.6 Å². The van der Waals surface area contributed by atoms with E-state index in [4.69, 9.17) is 25.4 Å². The molecule has 1 spiro atoms. The van der Waals surface area contributed by atoms with Crippen LogP contribution >= 0.6 is 11.3 Å². The molecule has 2 fully saturated rings. The highest BCUT2D eigenvalue weighted by Crippen LogP contribution is 2.50. The van der Waals surface area contributed by atoms with Crippen molar-refractivity contribution in [2.45, 2.75) is 37.4 Å². The Bertz CT molecular complexity index is 1110. The third kappa shape index (κ3) is 4.36. The van der Waals surface area contributed by atoms with Crippen molar-refractivity contribution in [1.82, 2.24) is 0 Å². The fourth-order valence-electron chi connectivity index (χ4n) is 4.85. The first kappa shape index (κ1) is 21.9. The van der Waals surface area contributed by atoms with Gasteiger partial charge in [-0.05, 0) is 60.7 Å². The lowest BCUT2D eigenvalue weighted by molar-refractivity contribution is -0.178. The highest BCUT2D eigenvalue weighted by Gasteiger charge is 2.41. The molecule has 172 valence electrons. The van der Waals surface area contributed by atoms with Gasteiger partial charge in [0, 0.05) is 29.6 Å². The van der Waals surface area contributed by atoms with E-state index in [1.165, 1.54) is 4.88 Å². The van der Waals surface area contributed by atoms with E-state index in [-0.39, 0.29) is 11.6 Å². The predicted octanol–water partition coefficient (Wildman–Crippen LogP) is 5.93. The van der Waals surface area contributed by atoms with Gasteiger partial charge in [-0.25, -0.2) is 0 Å². The summed E-state index contributed by atoms with van der Waals surface area (Å²) in [6.07, 6.45) is 3.79. The maximum absolute atomic E-state index is 8.30. The van der Waals surface area contributed by atoms with Crippen LogP contribution in [0.15, 0.2) is 54.6 Å². The topological polar surface area (TPSA) is 89.6 Å². The van der Waals surface area contributed by atoms with Gasteiger partial charge in [0.15, 0.2) is 5.79 Å². The van der Waals surface area contributed by atoms with Gasteiger partial charge in [-0.2, -0.15) is 0 Å². The number of hydrogen-bond acceptors (Lipinski definition) is 6. The summed E-state index contributed by atoms with van der Waals surface area (Å²) in [5, 5.41) is 11.6. The summed E-state index contributed by atoms with van der Waals surface area (Å²) >= 11 is 1.73. The van der Waals surface area contributed by atoms with Gasteiger partial charge in [0.2, 0.25) is 0 Å². The average Bonchev–Trinajstić information content (AvgIpc) is 3.46. The lowest BCUT2D eigenvalue weighted by Crippen LogP contribution is -2.34. The van der Waals surface area contributed by atoms with Crippen LogP contribution in [0, 0.1) is 5.41 Å².